The number of anilines is 1. The quantitative estimate of drug-likeness (QED) is 0.613. The lowest BCUT2D eigenvalue weighted by atomic mass is 9.83. The number of nitrogens with zero attached hydrogens (tertiary/aromatic N) is 2. The largest absolute Gasteiger partial charge is 0.465 e. The molecule has 2 aromatic rings. The van der Waals surface area contributed by atoms with E-state index in [9.17, 15) is 22.8 Å². The van der Waals surface area contributed by atoms with Crippen molar-refractivity contribution in [1.29, 1.82) is 0 Å². The zero-order valence-corrected chi connectivity index (χ0v) is 19.7. The summed E-state index contributed by atoms with van der Waals surface area (Å²) in [7, 11) is 1.03. The summed E-state index contributed by atoms with van der Waals surface area (Å²) in [6.45, 7) is 4.16. The van der Waals surface area contributed by atoms with Gasteiger partial charge in [-0.1, -0.05) is 50.2 Å². The lowest BCUT2D eigenvalue weighted by Gasteiger charge is -2.38. The van der Waals surface area contributed by atoms with Crippen LogP contribution < -0.4 is 5.32 Å². The minimum atomic E-state index is -4.73. The Hall–Kier alpha value is -3.43. The minimum Gasteiger partial charge on any atom is -0.465 e. The van der Waals surface area contributed by atoms with Gasteiger partial charge < -0.3 is 20.1 Å². The summed E-state index contributed by atoms with van der Waals surface area (Å²) in [5.41, 5.74) is 2.95. The Morgan fingerprint density at radius 3 is 2.34 bits per heavy atom. The van der Waals surface area contributed by atoms with Gasteiger partial charge in [-0.2, -0.15) is 13.2 Å². The Labute approximate surface area is 201 Å². The second-order valence-corrected chi connectivity index (χ2v) is 9.65. The van der Waals surface area contributed by atoms with Crippen LogP contribution in [0.15, 0.2) is 48.5 Å². The van der Waals surface area contributed by atoms with E-state index in [0.717, 1.165) is 18.4 Å². The van der Waals surface area contributed by atoms with Crippen molar-refractivity contribution >= 4 is 17.9 Å². The maximum absolute atomic E-state index is 13.9. The molecule has 2 aromatic carbocycles. The molecule has 188 valence electrons. The zero-order chi connectivity index (χ0) is 25.5. The van der Waals surface area contributed by atoms with Gasteiger partial charge in [0.05, 0.1) is 13.1 Å². The van der Waals surface area contributed by atoms with Gasteiger partial charge in [0.15, 0.2) is 6.04 Å². The van der Waals surface area contributed by atoms with Crippen LogP contribution in [0, 0.1) is 0 Å². The van der Waals surface area contributed by atoms with E-state index < -0.39 is 30.5 Å². The molecular formula is C25H28F3N3O4. The first-order valence-electron chi connectivity index (χ1n) is 11.3. The number of likely N-dealkylation sites (tertiary alicyclic amines) is 1. The molecule has 1 saturated heterocycles. The number of carboxylic acid groups (broad SMARTS) is 1. The topological polar surface area (TPSA) is 82.1 Å². The number of ether oxygens (including phenoxy) is 1. The van der Waals surface area contributed by atoms with Crippen LogP contribution in [0.5, 0.6) is 0 Å². The molecule has 1 heterocycles. The fourth-order valence-corrected chi connectivity index (χ4v) is 4.82. The summed E-state index contributed by atoms with van der Waals surface area (Å²) >= 11 is 0. The Kier molecular flexibility index (Phi) is 6.33. The van der Waals surface area contributed by atoms with Crippen molar-refractivity contribution in [3.63, 3.8) is 0 Å². The summed E-state index contributed by atoms with van der Waals surface area (Å²) < 4.78 is 46.9. The van der Waals surface area contributed by atoms with Crippen LogP contribution in [0.4, 0.5) is 28.4 Å². The maximum Gasteiger partial charge on any atom is 0.413 e. The number of halogens is 3. The molecule has 1 aliphatic carbocycles. The number of carbonyl (C=O) groups is 2. The molecule has 10 heteroatoms. The Bertz CT molecular complexity index is 1100. The van der Waals surface area contributed by atoms with Gasteiger partial charge in [-0.3, -0.25) is 4.90 Å². The molecule has 0 radical (unpaired) electrons. The molecule has 0 bridgehead atoms. The third kappa shape index (κ3) is 4.87. The Balaban J connectivity index is 1.45. The SMILES string of the molecule is CN(C(=O)OC1CN(C(=O)O)C1)[C@@H](c1ccc(NC2Cc3ccccc3C2(C)C)cc1)C(F)(F)F. The van der Waals surface area contributed by atoms with Gasteiger partial charge >= 0.3 is 18.4 Å². The van der Waals surface area contributed by atoms with Gasteiger partial charge in [-0.25, -0.2) is 9.59 Å². The Morgan fingerprint density at radius 1 is 1.14 bits per heavy atom. The molecule has 2 amide bonds. The molecule has 0 saturated carbocycles. The predicted octanol–water partition coefficient (Wildman–Crippen LogP) is 5.04. The number of nitrogens with one attached hydrogen (secondary N) is 1. The zero-order valence-electron chi connectivity index (χ0n) is 19.7. The van der Waals surface area contributed by atoms with Crippen molar-refractivity contribution in [2.75, 3.05) is 25.5 Å². The first-order valence-corrected chi connectivity index (χ1v) is 11.3. The van der Waals surface area contributed by atoms with Crippen LogP contribution in [0.25, 0.3) is 0 Å². The highest BCUT2D eigenvalue weighted by Crippen LogP contribution is 2.41. The van der Waals surface area contributed by atoms with Crippen LogP contribution in [-0.4, -0.2) is 65.6 Å². The van der Waals surface area contributed by atoms with E-state index >= 15 is 0 Å². The molecule has 2 N–H and O–H groups in total. The summed E-state index contributed by atoms with van der Waals surface area (Å²) in [5.74, 6) is 0. The second-order valence-electron chi connectivity index (χ2n) is 9.65. The highest BCUT2D eigenvalue weighted by atomic mass is 19.4. The van der Waals surface area contributed by atoms with Gasteiger partial charge in [-0.05, 0) is 35.2 Å². The summed E-state index contributed by atoms with van der Waals surface area (Å²) in [5, 5.41) is 12.3. The molecular weight excluding hydrogens is 463 g/mol. The van der Waals surface area contributed by atoms with Gasteiger partial charge in [0.2, 0.25) is 0 Å². The van der Waals surface area contributed by atoms with E-state index in [1.54, 1.807) is 12.1 Å². The van der Waals surface area contributed by atoms with E-state index in [2.05, 4.69) is 31.3 Å². The van der Waals surface area contributed by atoms with E-state index in [0.29, 0.717) is 10.6 Å². The highest BCUT2D eigenvalue weighted by molar-refractivity contribution is 5.70. The van der Waals surface area contributed by atoms with Crippen molar-refractivity contribution < 1.29 is 32.6 Å². The van der Waals surface area contributed by atoms with Gasteiger partial charge in [0.1, 0.15) is 6.10 Å². The number of amides is 2. The molecule has 4 rings (SSSR count). The number of hydrogen-bond acceptors (Lipinski definition) is 4. The lowest BCUT2D eigenvalue weighted by Crippen LogP contribution is -2.56. The first-order chi connectivity index (χ1) is 16.4. The van der Waals surface area contributed by atoms with Crippen LogP contribution in [-0.2, 0) is 16.6 Å². The van der Waals surface area contributed by atoms with Gasteiger partial charge in [-0.15, -0.1) is 0 Å². The number of alkyl halides is 3. The fourth-order valence-electron chi connectivity index (χ4n) is 4.82. The van der Waals surface area contributed by atoms with Crippen molar-refractivity contribution in [3.8, 4) is 0 Å². The first kappa shape index (κ1) is 24.7. The van der Waals surface area contributed by atoms with Crippen molar-refractivity contribution in [3.05, 3.63) is 65.2 Å². The van der Waals surface area contributed by atoms with Crippen molar-refractivity contribution in [2.45, 2.75) is 50.0 Å². The molecule has 0 spiro atoms. The number of rotatable bonds is 5. The molecule has 7 nitrogen and oxygen atoms in total. The monoisotopic (exact) mass is 491 g/mol. The standard InChI is InChI=1S/C25H28F3N3O4/c1-24(2)19-7-5-4-6-16(19)12-20(24)29-17-10-8-15(9-11-17)21(25(26,27)28)30(3)23(34)35-18-13-31(14-18)22(32)33/h4-11,18,20-21,29H,12-14H2,1-3H3,(H,32,33)/t20?,21-/m0/s1. The number of hydrogen-bond donors (Lipinski definition) is 2. The average Bonchev–Trinajstić information content (AvgIpc) is 3.00. The molecule has 1 unspecified atom stereocenters. The van der Waals surface area contributed by atoms with Crippen molar-refractivity contribution in [1.82, 2.24) is 9.80 Å². The summed E-state index contributed by atoms with van der Waals surface area (Å²) in [6, 6.07) is 12.0. The molecule has 1 aliphatic heterocycles. The van der Waals surface area contributed by atoms with Gasteiger partial charge in [0, 0.05) is 24.2 Å². The Morgan fingerprint density at radius 2 is 1.77 bits per heavy atom. The number of fused-ring (bicyclic) bond motifs is 1. The third-order valence-corrected chi connectivity index (χ3v) is 6.95. The molecule has 0 aromatic heterocycles. The van der Waals surface area contributed by atoms with E-state index in [-0.39, 0.29) is 30.1 Å². The van der Waals surface area contributed by atoms with Crippen LogP contribution in [0.2, 0.25) is 0 Å². The smallest absolute Gasteiger partial charge is 0.413 e. The molecule has 2 atom stereocenters. The predicted molar refractivity (Wildman–Crippen MR) is 123 cm³/mol. The number of carbonyl (C=O) groups excluding carboxylic acids is 1. The van der Waals surface area contributed by atoms with Crippen LogP contribution in [0.1, 0.15) is 36.6 Å². The summed E-state index contributed by atoms with van der Waals surface area (Å²) in [4.78, 5) is 24.7. The highest BCUT2D eigenvalue weighted by Gasteiger charge is 2.47. The minimum absolute atomic E-state index is 0.0622. The lowest BCUT2D eigenvalue weighted by molar-refractivity contribution is -0.180. The maximum atomic E-state index is 13.9. The molecule has 2 aliphatic rings. The van der Waals surface area contributed by atoms with Gasteiger partial charge in [0.25, 0.3) is 0 Å². The van der Waals surface area contributed by atoms with E-state index in [1.807, 2.05) is 12.1 Å². The third-order valence-electron chi connectivity index (χ3n) is 6.95. The summed E-state index contributed by atoms with van der Waals surface area (Å²) in [6.07, 6.45) is -7.01. The fraction of sp³-hybridized carbons (Fsp3) is 0.440. The van der Waals surface area contributed by atoms with Crippen LogP contribution >= 0.6 is 0 Å². The van der Waals surface area contributed by atoms with E-state index in [1.165, 1.54) is 23.3 Å². The van der Waals surface area contributed by atoms with E-state index in [4.69, 9.17) is 9.84 Å². The van der Waals surface area contributed by atoms with Crippen molar-refractivity contribution in [2.24, 2.45) is 0 Å². The molecule has 1 fully saturated rings. The molecule has 35 heavy (non-hydrogen) atoms. The number of benzene rings is 2. The normalized spacial score (nSPS) is 19.9. The van der Waals surface area contributed by atoms with Crippen LogP contribution in [0.3, 0.4) is 0 Å². The second kappa shape index (κ2) is 8.98. The average molecular weight is 492 g/mol.